The van der Waals surface area contributed by atoms with Gasteiger partial charge in [0.2, 0.25) is 0 Å². The number of carbonyl (C=O) groups is 1. The van der Waals surface area contributed by atoms with E-state index in [1.807, 2.05) is 32.2 Å². The van der Waals surface area contributed by atoms with Gasteiger partial charge in [-0.1, -0.05) is 37.8 Å². The monoisotopic (exact) mass is 429 g/mol. The Bertz CT molecular complexity index is 1070. The minimum atomic E-state index is -4.37. The van der Waals surface area contributed by atoms with Crippen molar-refractivity contribution >= 4 is 16.8 Å². The highest BCUT2D eigenvalue weighted by atomic mass is 19.4. The van der Waals surface area contributed by atoms with E-state index in [0.717, 1.165) is 36.2 Å². The first-order chi connectivity index (χ1) is 14.2. The number of benzene rings is 2. The molecule has 4 nitrogen and oxygen atoms in total. The van der Waals surface area contributed by atoms with E-state index in [0.29, 0.717) is 22.6 Å². The smallest absolute Gasteiger partial charge is 0.349 e. The molecule has 3 aromatic rings. The zero-order chi connectivity index (χ0) is 21.5. The summed E-state index contributed by atoms with van der Waals surface area (Å²) in [4.78, 5) is 19.3. The molecule has 1 unspecified atom stereocenters. The number of para-hydroxylation sites is 1. The molecule has 1 aliphatic heterocycles. The van der Waals surface area contributed by atoms with Crippen LogP contribution >= 0.6 is 0 Å². The Morgan fingerprint density at radius 1 is 1.16 bits per heavy atom. The predicted molar refractivity (Wildman–Crippen MR) is 117 cm³/mol. The van der Waals surface area contributed by atoms with Crippen LogP contribution in [0, 0.1) is 5.92 Å². The van der Waals surface area contributed by atoms with E-state index in [1.165, 1.54) is 18.3 Å². The van der Waals surface area contributed by atoms with Gasteiger partial charge >= 0.3 is 6.18 Å². The van der Waals surface area contributed by atoms with Gasteiger partial charge in [-0.2, -0.15) is 13.2 Å². The Balaban J connectivity index is 0.00000272. The Labute approximate surface area is 180 Å². The first-order valence-corrected chi connectivity index (χ1v) is 9.78. The van der Waals surface area contributed by atoms with Crippen molar-refractivity contribution in [1.29, 1.82) is 0 Å². The van der Waals surface area contributed by atoms with Crippen LogP contribution in [0.5, 0.6) is 0 Å². The van der Waals surface area contributed by atoms with Crippen LogP contribution in [0.1, 0.15) is 30.3 Å². The van der Waals surface area contributed by atoms with Gasteiger partial charge in [0.25, 0.3) is 5.91 Å². The average Bonchev–Trinajstić information content (AvgIpc) is 2.70. The summed E-state index contributed by atoms with van der Waals surface area (Å²) in [5, 5.41) is 3.80. The Morgan fingerprint density at radius 2 is 1.84 bits per heavy atom. The lowest BCUT2D eigenvalue weighted by Crippen LogP contribution is -2.53. The maximum absolute atomic E-state index is 12.8. The Morgan fingerprint density at radius 3 is 2.45 bits per heavy atom. The van der Waals surface area contributed by atoms with Crippen LogP contribution in [0.4, 0.5) is 13.2 Å². The number of nitrogens with zero attached hydrogens (tertiary/aromatic N) is 2. The van der Waals surface area contributed by atoms with E-state index in [1.54, 1.807) is 6.07 Å². The summed E-state index contributed by atoms with van der Waals surface area (Å²) in [6, 6.07) is 12.3. The fourth-order valence-corrected chi connectivity index (χ4v) is 3.83. The Hall–Kier alpha value is -2.93. The third kappa shape index (κ3) is 4.71. The van der Waals surface area contributed by atoms with Crippen molar-refractivity contribution in [2.24, 2.45) is 5.92 Å². The highest BCUT2D eigenvalue weighted by molar-refractivity contribution is 6.00. The van der Waals surface area contributed by atoms with E-state index < -0.39 is 11.7 Å². The second-order valence-corrected chi connectivity index (χ2v) is 7.92. The highest BCUT2D eigenvalue weighted by Crippen LogP contribution is 2.33. The molecule has 7 heteroatoms. The molecule has 4 rings (SSSR count). The molecule has 164 valence electrons. The van der Waals surface area contributed by atoms with Crippen LogP contribution in [0.2, 0.25) is 0 Å². The Kier molecular flexibility index (Phi) is 6.36. The molecule has 0 aliphatic carbocycles. The number of rotatable bonds is 4. The van der Waals surface area contributed by atoms with Gasteiger partial charge in [-0.3, -0.25) is 9.78 Å². The van der Waals surface area contributed by atoms with Crippen LogP contribution in [0.25, 0.3) is 22.0 Å². The molecule has 1 atom stereocenters. The molecule has 0 bridgehead atoms. The number of carbonyl (C=O) groups excluding carboxylic acids is 1. The van der Waals surface area contributed by atoms with Crippen molar-refractivity contribution < 1.29 is 18.0 Å². The number of pyridine rings is 1. The molecule has 0 saturated carbocycles. The van der Waals surface area contributed by atoms with Crippen molar-refractivity contribution in [3.63, 3.8) is 0 Å². The van der Waals surface area contributed by atoms with Crippen molar-refractivity contribution in [3.8, 4) is 11.1 Å². The first-order valence-electron chi connectivity index (χ1n) is 9.78. The topological polar surface area (TPSA) is 45.2 Å². The fraction of sp³-hybridized carbons (Fsp3) is 0.333. The summed E-state index contributed by atoms with van der Waals surface area (Å²) < 4.78 is 38.5. The number of nitrogens with one attached hydrogen (secondary N) is 1. The summed E-state index contributed by atoms with van der Waals surface area (Å²) in [7, 11) is 2.05. The molecule has 2 aromatic carbocycles. The van der Waals surface area contributed by atoms with E-state index in [4.69, 9.17) is 0 Å². The van der Waals surface area contributed by atoms with Crippen molar-refractivity contribution in [1.82, 2.24) is 15.2 Å². The first kappa shape index (κ1) is 22.7. The molecule has 1 amide bonds. The largest absolute Gasteiger partial charge is 0.416 e. The molecule has 31 heavy (non-hydrogen) atoms. The molecular weight excluding hydrogens is 403 g/mol. The van der Waals surface area contributed by atoms with Gasteiger partial charge in [0.05, 0.1) is 16.6 Å². The zero-order valence-electron chi connectivity index (χ0n) is 16.7. The van der Waals surface area contributed by atoms with Crippen molar-refractivity contribution in [2.45, 2.75) is 26.6 Å². The lowest BCUT2D eigenvalue weighted by atomic mass is 9.93. The minimum absolute atomic E-state index is 0. The quantitative estimate of drug-likeness (QED) is 0.617. The van der Waals surface area contributed by atoms with E-state index in [9.17, 15) is 18.0 Å². The number of fused-ring (bicyclic) bond motifs is 1. The van der Waals surface area contributed by atoms with Crippen LogP contribution in [0.3, 0.4) is 0 Å². The molecular formula is C24H26F3N3O. The van der Waals surface area contributed by atoms with Gasteiger partial charge in [-0.15, -0.1) is 0 Å². The summed E-state index contributed by atoms with van der Waals surface area (Å²) >= 11 is 0. The molecule has 1 fully saturated rings. The van der Waals surface area contributed by atoms with Gasteiger partial charge in [0.15, 0.2) is 0 Å². The van der Waals surface area contributed by atoms with Crippen LogP contribution in [0.15, 0.2) is 54.7 Å². The third-order valence-electron chi connectivity index (χ3n) is 5.65. The van der Waals surface area contributed by atoms with Crippen LogP contribution in [-0.4, -0.2) is 42.0 Å². The zero-order valence-corrected chi connectivity index (χ0v) is 16.7. The van der Waals surface area contributed by atoms with Gasteiger partial charge in [0.1, 0.15) is 0 Å². The number of halogens is 3. The molecule has 1 saturated heterocycles. The van der Waals surface area contributed by atoms with E-state index in [-0.39, 0.29) is 19.4 Å². The number of amides is 1. The van der Waals surface area contributed by atoms with E-state index in [2.05, 4.69) is 15.2 Å². The number of likely N-dealkylation sites (tertiary alicyclic amines) is 1. The lowest BCUT2D eigenvalue weighted by molar-refractivity contribution is -0.137. The predicted octanol–water partition coefficient (Wildman–Crippen LogP) is 5.24. The second-order valence-electron chi connectivity index (χ2n) is 7.92. The standard InChI is InChI=1S/C23H22F3N3O.CH4/c1-14(18-12-29(2)13-18)28-22(30)17-10-16-4-3-5-20(21(16)27-11-17)15-6-8-19(9-7-15)23(24,25)26;/h3-11,14,18H,12-13H2,1-2H3,(H,28,30);1H4. The molecule has 1 aliphatic rings. The van der Waals surface area contributed by atoms with Crippen LogP contribution < -0.4 is 5.32 Å². The second kappa shape index (κ2) is 8.67. The number of hydrogen-bond donors (Lipinski definition) is 1. The number of alkyl halides is 3. The SMILES string of the molecule is C.CC(NC(=O)c1cnc2c(-c3ccc(C(F)(F)F)cc3)cccc2c1)C1CN(C)C1. The average molecular weight is 429 g/mol. The third-order valence-corrected chi connectivity index (χ3v) is 5.65. The van der Waals surface area contributed by atoms with Gasteiger partial charge in [0, 0.05) is 42.2 Å². The normalized spacial score (nSPS) is 15.8. The summed E-state index contributed by atoms with van der Waals surface area (Å²) in [5.74, 6) is 0.269. The molecule has 2 heterocycles. The summed E-state index contributed by atoms with van der Waals surface area (Å²) in [6.45, 7) is 3.94. The molecule has 0 spiro atoms. The summed E-state index contributed by atoms with van der Waals surface area (Å²) in [6.07, 6.45) is -2.85. The maximum Gasteiger partial charge on any atom is 0.416 e. The number of hydrogen-bond acceptors (Lipinski definition) is 3. The van der Waals surface area contributed by atoms with Gasteiger partial charge in [-0.25, -0.2) is 0 Å². The highest BCUT2D eigenvalue weighted by Gasteiger charge is 2.30. The van der Waals surface area contributed by atoms with E-state index >= 15 is 0 Å². The lowest BCUT2D eigenvalue weighted by Gasteiger charge is -2.40. The molecule has 1 N–H and O–H groups in total. The number of aromatic nitrogens is 1. The maximum atomic E-state index is 12.8. The van der Waals surface area contributed by atoms with Gasteiger partial charge in [-0.05, 0) is 37.7 Å². The molecule has 1 aromatic heterocycles. The van der Waals surface area contributed by atoms with Gasteiger partial charge < -0.3 is 10.2 Å². The van der Waals surface area contributed by atoms with Crippen LogP contribution in [-0.2, 0) is 6.18 Å². The minimum Gasteiger partial charge on any atom is -0.349 e. The summed E-state index contributed by atoms with van der Waals surface area (Å²) in [5.41, 5.74) is 1.78. The molecule has 0 radical (unpaired) electrons. The van der Waals surface area contributed by atoms with Crippen molar-refractivity contribution in [3.05, 3.63) is 65.9 Å². The fourth-order valence-electron chi connectivity index (χ4n) is 3.83. The van der Waals surface area contributed by atoms with Crippen molar-refractivity contribution in [2.75, 3.05) is 20.1 Å².